The number of carbonyl (C=O) groups is 2. The summed E-state index contributed by atoms with van der Waals surface area (Å²) >= 11 is 0. The van der Waals surface area contributed by atoms with Crippen LogP contribution in [0.4, 0.5) is 0 Å². The maximum Gasteiger partial charge on any atom is 0.140 e. The molecule has 3 heteroatoms. The fourth-order valence-corrected chi connectivity index (χ4v) is 2.27. The van der Waals surface area contributed by atoms with Crippen LogP contribution in [-0.4, -0.2) is 18.7 Å². The highest BCUT2D eigenvalue weighted by Crippen LogP contribution is 2.29. The number of Topliss-reactive ketones (excluding diaryl/α,β-unsaturated/α-hetero) is 2. The summed E-state index contributed by atoms with van der Waals surface area (Å²) in [6, 6.07) is 7.96. The smallest absolute Gasteiger partial charge is 0.140 e. The Bertz CT molecular complexity index is 404. The second-order valence-corrected chi connectivity index (χ2v) is 4.53. The average molecular weight is 232 g/mol. The van der Waals surface area contributed by atoms with Gasteiger partial charge >= 0.3 is 0 Å². The van der Waals surface area contributed by atoms with E-state index in [1.54, 1.807) is 7.11 Å². The quantitative estimate of drug-likeness (QED) is 0.751. The molecule has 90 valence electrons. The molecule has 1 aliphatic rings. The molecule has 0 unspecified atom stereocenters. The summed E-state index contributed by atoms with van der Waals surface area (Å²) < 4.78 is 5.04. The predicted octanol–water partition coefficient (Wildman–Crippen LogP) is 2.24. The van der Waals surface area contributed by atoms with E-state index in [0.717, 1.165) is 11.1 Å². The minimum absolute atomic E-state index is 0.0622. The van der Waals surface area contributed by atoms with E-state index in [4.69, 9.17) is 4.74 Å². The van der Waals surface area contributed by atoms with Gasteiger partial charge in [-0.25, -0.2) is 0 Å². The van der Waals surface area contributed by atoms with Gasteiger partial charge in [0.25, 0.3) is 0 Å². The molecule has 0 heterocycles. The molecular formula is C14H16O3. The molecule has 17 heavy (non-hydrogen) atoms. The van der Waals surface area contributed by atoms with Crippen LogP contribution in [0.2, 0.25) is 0 Å². The molecule has 0 atom stereocenters. The van der Waals surface area contributed by atoms with Crippen molar-refractivity contribution in [1.29, 1.82) is 0 Å². The van der Waals surface area contributed by atoms with E-state index in [9.17, 15) is 9.59 Å². The molecule has 0 aliphatic heterocycles. The Balaban J connectivity index is 2.11. The van der Waals surface area contributed by atoms with Gasteiger partial charge in [-0.2, -0.15) is 0 Å². The fourth-order valence-electron chi connectivity index (χ4n) is 2.27. The molecule has 0 spiro atoms. The zero-order valence-corrected chi connectivity index (χ0v) is 9.94. The first kappa shape index (κ1) is 12.0. The van der Waals surface area contributed by atoms with Crippen LogP contribution in [0.15, 0.2) is 24.3 Å². The maximum absolute atomic E-state index is 11.4. The van der Waals surface area contributed by atoms with Gasteiger partial charge in [0.15, 0.2) is 0 Å². The number of benzene rings is 1. The first-order chi connectivity index (χ1) is 8.19. The minimum Gasteiger partial charge on any atom is -0.380 e. The van der Waals surface area contributed by atoms with E-state index in [-0.39, 0.29) is 23.9 Å². The van der Waals surface area contributed by atoms with Crippen LogP contribution >= 0.6 is 0 Å². The Morgan fingerprint density at radius 1 is 1.12 bits per heavy atom. The molecule has 0 amide bonds. The average Bonchev–Trinajstić information content (AvgIpc) is 2.29. The number of ketones is 2. The molecule has 0 radical (unpaired) electrons. The number of carbonyl (C=O) groups excluding carboxylic acids is 2. The van der Waals surface area contributed by atoms with E-state index in [1.165, 1.54) is 0 Å². The number of hydrogen-bond donors (Lipinski definition) is 0. The summed E-state index contributed by atoms with van der Waals surface area (Å²) in [7, 11) is 1.66. The van der Waals surface area contributed by atoms with Crippen LogP contribution < -0.4 is 0 Å². The Morgan fingerprint density at radius 2 is 1.71 bits per heavy atom. The van der Waals surface area contributed by atoms with E-state index < -0.39 is 0 Å². The lowest BCUT2D eigenvalue weighted by atomic mass is 9.82. The van der Waals surface area contributed by atoms with E-state index in [2.05, 4.69) is 0 Å². The highest BCUT2D eigenvalue weighted by molar-refractivity contribution is 6.02. The molecule has 2 rings (SSSR count). The lowest BCUT2D eigenvalue weighted by Crippen LogP contribution is -2.21. The number of ether oxygens (including phenoxy) is 1. The normalized spacial score (nSPS) is 17.5. The number of hydrogen-bond acceptors (Lipinski definition) is 3. The molecule has 0 saturated heterocycles. The number of methoxy groups -OCH3 is 1. The van der Waals surface area contributed by atoms with Gasteiger partial charge in [-0.3, -0.25) is 9.59 Å². The zero-order valence-electron chi connectivity index (χ0n) is 9.94. The van der Waals surface area contributed by atoms with Crippen molar-refractivity contribution in [3.05, 3.63) is 35.4 Å². The summed E-state index contributed by atoms with van der Waals surface area (Å²) in [6.07, 6.45) is 1.11. The van der Waals surface area contributed by atoms with Crippen molar-refractivity contribution in [1.82, 2.24) is 0 Å². The molecule has 0 N–H and O–H groups in total. The number of rotatable bonds is 3. The Morgan fingerprint density at radius 3 is 2.24 bits per heavy atom. The summed E-state index contributed by atoms with van der Waals surface area (Å²) in [5.74, 6) is 0.194. The van der Waals surface area contributed by atoms with Crippen LogP contribution in [-0.2, 0) is 20.9 Å². The maximum atomic E-state index is 11.4. The third-order valence-electron chi connectivity index (χ3n) is 3.10. The minimum atomic E-state index is 0.0622. The molecule has 1 aromatic rings. The Labute approximate surface area is 101 Å². The zero-order chi connectivity index (χ0) is 12.3. The largest absolute Gasteiger partial charge is 0.380 e. The standard InChI is InChI=1S/C14H16O3/c1-17-9-10-2-4-11(5-3-10)12-6-13(15)8-14(16)7-12/h2-5,12H,6-9H2,1H3. The molecule has 0 bridgehead atoms. The van der Waals surface area contributed by atoms with Crippen LogP contribution in [0.5, 0.6) is 0 Å². The van der Waals surface area contributed by atoms with Gasteiger partial charge < -0.3 is 4.74 Å². The van der Waals surface area contributed by atoms with Crippen molar-refractivity contribution in [2.45, 2.75) is 31.8 Å². The summed E-state index contributed by atoms with van der Waals surface area (Å²) in [5, 5.41) is 0. The highest BCUT2D eigenvalue weighted by atomic mass is 16.5. The van der Waals surface area contributed by atoms with Gasteiger partial charge in [0, 0.05) is 20.0 Å². The molecule has 3 nitrogen and oxygen atoms in total. The summed E-state index contributed by atoms with van der Waals surface area (Å²) in [5.41, 5.74) is 2.18. The van der Waals surface area contributed by atoms with E-state index in [1.807, 2.05) is 24.3 Å². The van der Waals surface area contributed by atoms with Crippen molar-refractivity contribution < 1.29 is 14.3 Å². The SMILES string of the molecule is COCc1ccc(C2CC(=O)CC(=O)C2)cc1. The lowest BCUT2D eigenvalue weighted by molar-refractivity contribution is -0.130. The van der Waals surface area contributed by atoms with Crippen molar-refractivity contribution in [2.24, 2.45) is 0 Å². The fraction of sp³-hybridized carbons (Fsp3) is 0.429. The van der Waals surface area contributed by atoms with Gasteiger partial charge in [-0.1, -0.05) is 24.3 Å². The Kier molecular flexibility index (Phi) is 3.69. The molecule has 1 fully saturated rings. The Hall–Kier alpha value is -1.48. The monoisotopic (exact) mass is 232 g/mol. The second-order valence-electron chi connectivity index (χ2n) is 4.53. The van der Waals surface area contributed by atoms with Crippen molar-refractivity contribution in [2.75, 3.05) is 7.11 Å². The van der Waals surface area contributed by atoms with E-state index in [0.29, 0.717) is 19.4 Å². The van der Waals surface area contributed by atoms with Gasteiger partial charge in [-0.05, 0) is 17.0 Å². The molecule has 1 aromatic carbocycles. The third-order valence-corrected chi connectivity index (χ3v) is 3.10. The van der Waals surface area contributed by atoms with Crippen LogP contribution in [0.3, 0.4) is 0 Å². The van der Waals surface area contributed by atoms with Crippen molar-refractivity contribution >= 4 is 11.6 Å². The van der Waals surface area contributed by atoms with Crippen molar-refractivity contribution in [3.63, 3.8) is 0 Å². The second kappa shape index (κ2) is 5.23. The summed E-state index contributed by atoms with van der Waals surface area (Å²) in [4.78, 5) is 22.8. The van der Waals surface area contributed by atoms with Gasteiger partial charge in [-0.15, -0.1) is 0 Å². The first-order valence-electron chi connectivity index (χ1n) is 5.80. The third kappa shape index (κ3) is 3.01. The lowest BCUT2D eigenvalue weighted by Gasteiger charge is -2.20. The molecular weight excluding hydrogens is 216 g/mol. The van der Waals surface area contributed by atoms with Gasteiger partial charge in [0.1, 0.15) is 11.6 Å². The van der Waals surface area contributed by atoms with Crippen LogP contribution in [0, 0.1) is 0 Å². The molecule has 0 aromatic heterocycles. The first-order valence-corrected chi connectivity index (χ1v) is 5.80. The molecule has 1 aliphatic carbocycles. The molecule has 1 saturated carbocycles. The van der Waals surface area contributed by atoms with Crippen LogP contribution in [0.25, 0.3) is 0 Å². The van der Waals surface area contributed by atoms with Gasteiger partial charge in [0.2, 0.25) is 0 Å². The van der Waals surface area contributed by atoms with Crippen LogP contribution in [0.1, 0.15) is 36.3 Å². The van der Waals surface area contributed by atoms with Gasteiger partial charge in [0.05, 0.1) is 13.0 Å². The predicted molar refractivity (Wildman–Crippen MR) is 63.8 cm³/mol. The summed E-state index contributed by atoms with van der Waals surface area (Å²) in [6.45, 7) is 0.586. The van der Waals surface area contributed by atoms with E-state index >= 15 is 0 Å². The van der Waals surface area contributed by atoms with Crippen molar-refractivity contribution in [3.8, 4) is 0 Å². The highest BCUT2D eigenvalue weighted by Gasteiger charge is 2.26. The topological polar surface area (TPSA) is 43.4 Å².